The fourth-order valence-corrected chi connectivity index (χ4v) is 9.23. The number of fused-ring (bicyclic) bond motifs is 7. The van der Waals surface area contributed by atoms with E-state index in [1.807, 2.05) is 115 Å². The monoisotopic (exact) mass is 746 g/mol. The minimum atomic E-state index is -1.46. The van der Waals surface area contributed by atoms with Crippen LogP contribution < -0.4 is 0 Å². The molecule has 0 aliphatic heterocycles. The molecule has 1 aliphatic carbocycles. The van der Waals surface area contributed by atoms with Crippen LogP contribution in [0.4, 0.5) is 17.6 Å². The van der Waals surface area contributed by atoms with Gasteiger partial charge in [-0.05, 0) is 90.1 Å². The van der Waals surface area contributed by atoms with E-state index in [-0.39, 0.29) is 17.6 Å². The highest BCUT2D eigenvalue weighted by atomic mass is 19.1. The number of hydrogen-bond acceptors (Lipinski definition) is 1. The highest BCUT2D eigenvalue weighted by molar-refractivity contribution is 6.25. The fraction of sp³-hybridized carbons (Fsp3) is 0.0385. The minimum absolute atomic E-state index is 0.0547. The summed E-state index contributed by atoms with van der Waals surface area (Å²) in [5, 5.41) is 8.32. The van der Waals surface area contributed by atoms with Crippen molar-refractivity contribution in [1.82, 2.24) is 0 Å². The summed E-state index contributed by atoms with van der Waals surface area (Å²) in [6.07, 6.45) is 1.58. The zero-order valence-electron chi connectivity index (χ0n) is 30.3. The molecule has 1 atom stereocenters. The first kappa shape index (κ1) is 33.4. The number of furan rings is 1. The Morgan fingerprint density at radius 1 is 0.439 bits per heavy atom. The second kappa shape index (κ2) is 12.8. The van der Waals surface area contributed by atoms with Gasteiger partial charge in [-0.2, -0.15) is 0 Å². The molecule has 0 amide bonds. The third kappa shape index (κ3) is 4.95. The van der Waals surface area contributed by atoms with E-state index >= 15 is 17.6 Å². The molecule has 11 rings (SSSR count). The molecule has 1 unspecified atom stereocenters. The van der Waals surface area contributed by atoms with E-state index in [0.29, 0.717) is 22.3 Å². The van der Waals surface area contributed by atoms with E-state index in [4.69, 9.17) is 4.42 Å². The Hall–Kier alpha value is -6.98. The van der Waals surface area contributed by atoms with Gasteiger partial charge in [0, 0.05) is 39.5 Å². The topological polar surface area (TPSA) is 13.1 Å². The van der Waals surface area contributed by atoms with Crippen LogP contribution in [0.3, 0.4) is 0 Å². The van der Waals surface area contributed by atoms with Gasteiger partial charge in [0.15, 0.2) is 0 Å². The van der Waals surface area contributed by atoms with Crippen LogP contribution in [-0.2, 0) is 0 Å². The van der Waals surface area contributed by atoms with Crippen molar-refractivity contribution in [1.29, 1.82) is 0 Å². The fourth-order valence-electron chi connectivity index (χ4n) is 9.23. The summed E-state index contributed by atoms with van der Waals surface area (Å²) in [4.78, 5) is 0. The third-order valence-corrected chi connectivity index (χ3v) is 11.6. The van der Waals surface area contributed by atoms with Crippen LogP contribution in [0.5, 0.6) is 0 Å². The molecule has 0 spiro atoms. The zero-order valence-corrected chi connectivity index (χ0v) is 30.3. The Bertz CT molecular complexity index is 3250. The quantitative estimate of drug-likeness (QED) is 0.129. The maximum atomic E-state index is 15.6. The van der Waals surface area contributed by atoms with E-state index in [1.165, 1.54) is 24.3 Å². The number of halogens is 4. The Morgan fingerprint density at radius 3 is 1.49 bits per heavy atom. The normalized spacial score (nSPS) is 14.6. The Balaban J connectivity index is 1.17. The average Bonchev–Trinajstić information content (AvgIpc) is 3.61. The summed E-state index contributed by atoms with van der Waals surface area (Å²) in [6, 6.07) is 47.4. The summed E-state index contributed by atoms with van der Waals surface area (Å²) < 4.78 is 69.0. The van der Waals surface area contributed by atoms with Gasteiger partial charge in [0.1, 0.15) is 34.8 Å². The molecule has 272 valence electrons. The van der Waals surface area contributed by atoms with Crippen molar-refractivity contribution in [3.63, 3.8) is 0 Å². The SMILES string of the molecule is FC1=C(c2c3ccccc3c(-c3ccc4c(c3)oc3c(-c5c6ccccc6c(-c6c(F)cccc6F)c6ccccc56)cccc34)c3ccccc23)C(F)CC=C1. The molecule has 0 N–H and O–H groups in total. The summed E-state index contributed by atoms with van der Waals surface area (Å²) in [6.45, 7) is 0. The first-order valence-corrected chi connectivity index (χ1v) is 19.0. The molecular weight excluding hydrogens is 717 g/mol. The Morgan fingerprint density at radius 2 is 0.930 bits per heavy atom. The number of alkyl halides is 1. The molecule has 57 heavy (non-hydrogen) atoms. The lowest BCUT2D eigenvalue weighted by atomic mass is 9.83. The molecule has 0 saturated carbocycles. The summed E-state index contributed by atoms with van der Waals surface area (Å²) in [5.41, 5.74) is 6.11. The molecule has 0 saturated heterocycles. The molecule has 1 heterocycles. The molecule has 1 aliphatic rings. The minimum Gasteiger partial charge on any atom is -0.455 e. The van der Waals surface area contributed by atoms with Gasteiger partial charge in [0.05, 0.1) is 5.56 Å². The molecule has 10 aromatic rings. The lowest BCUT2D eigenvalue weighted by Gasteiger charge is -2.22. The van der Waals surface area contributed by atoms with E-state index in [2.05, 4.69) is 18.2 Å². The first-order valence-electron chi connectivity index (χ1n) is 19.0. The lowest BCUT2D eigenvalue weighted by molar-refractivity contribution is 0.406. The number of rotatable bonds is 4. The van der Waals surface area contributed by atoms with Crippen molar-refractivity contribution >= 4 is 70.6 Å². The largest absolute Gasteiger partial charge is 0.455 e. The van der Waals surface area contributed by atoms with Crippen LogP contribution in [0.15, 0.2) is 174 Å². The maximum Gasteiger partial charge on any atom is 0.143 e. The highest BCUT2D eigenvalue weighted by Gasteiger charge is 2.28. The predicted molar refractivity (Wildman–Crippen MR) is 227 cm³/mol. The molecule has 5 heteroatoms. The van der Waals surface area contributed by atoms with Gasteiger partial charge < -0.3 is 4.42 Å². The van der Waals surface area contributed by atoms with Crippen molar-refractivity contribution in [2.24, 2.45) is 0 Å². The molecule has 0 fully saturated rings. The zero-order chi connectivity index (χ0) is 38.4. The molecule has 0 radical (unpaired) electrons. The molecule has 9 aromatic carbocycles. The number of para-hydroxylation sites is 1. The smallest absolute Gasteiger partial charge is 0.143 e. The van der Waals surface area contributed by atoms with Gasteiger partial charge in [-0.25, -0.2) is 17.6 Å². The summed E-state index contributed by atoms with van der Waals surface area (Å²) >= 11 is 0. The van der Waals surface area contributed by atoms with Crippen molar-refractivity contribution in [2.75, 3.05) is 0 Å². The van der Waals surface area contributed by atoms with Crippen molar-refractivity contribution < 1.29 is 22.0 Å². The average molecular weight is 747 g/mol. The predicted octanol–water partition coefficient (Wildman–Crippen LogP) is 15.5. The first-order chi connectivity index (χ1) is 28.0. The molecule has 1 aromatic heterocycles. The summed E-state index contributed by atoms with van der Waals surface area (Å²) in [7, 11) is 0. The lowest BCUT2D eigenvalue weighted by Crippen LogP contribution is -2.09. The summed E-state index contributed by atoms with van der Waals surface area (Å²) in [5.74, 6) is -1.79. The second-order valence-corrected chi connectivity index (χ2v) is 14.6. The van der Waals surface area contributed by atoms with E-state index in [9.17, 15) is 0 Å². The standard InChI is InChI=1S/C52H30F4O/c53-41-22-10-23-42(54)50(41)48-35-16-5-1-12-31(35)46(32-13-2-6-17-36(32)48)29-26-27-30-39-20-9-21-40(52(39)57-45(30)28-29)47-33-14-3-7-18-37(33)49(38-19-8-4-15-34(38)47)51-43(55)24-11-25-44(51)56/h1-22,24-28,42H,23H2. The van der Waals surface area contributed by atoms with Gasteiger partial charge in [-0.1, -0.05) is 133 Å². The molecule has 1 nitrogen and oxygen atoms in total. The van der Waals surface area contributed by atoms with Gasteiger partial charge >= 0.3 is 0 Å². The van der Waals surface area contributed by atoms with Crippen LogP contribution in [-0.4, -0.2) is 6.17 Å². The maximum absolute atomic E-state index is 15.6. The number of allylic oxidation sites excluding steroid dienone is 4. The van der Waals surface area contributed by atoms with Gasteiger partial charge in [0.2, 0.25) is 0 Å². The Labute approximate surface area is 324 Å². The van der Waals surface area contributed by atoms with Crippen LogP contribution in [0.2, 0.25) is 0 Å². The van der Waals surface area contributed by atoms with Crippen LogP contribution in [0.25, 0.3) is 104 Å². The van der Waals surface area contributed by atoms with Crippen molar-refractivity contribution in [3.05, 3.63) is 187 Å². The van der Waals surface area contributed by atoms with Gasteiger partial charge in [-0.15, -0.1) is 0 Å². The van der Waals surface area contributed by atoms with E-state index < -0.39 is 23.6 Å². The molecule has 0 bridgehead atoms. The van der Waals surface area contributed by atoms with E-state index in [1.54, 1.807) is 6.08 Å². The van der Waals surface area contributed by atoms with Crippen molar-refractivity contribution in [3.8, 4) is 33.4 Å². The van der Waals surface area contributed by atoms with Gasteiger partial charge in [-0.3, -0.25) is 0 Å². The van der Waals surface area contributed by atoms with Gasteiger partial charge in [0.25, 0.3) is 0 Å². The molecular formula is C52H30F4O. The van der Waals surface area contributed by atoms with Crippen LogP contribution in [0, 0.1) is 11.6 Å². The van der Waals surface area contributed by atoms with Crippen LogP contribution in [0.1, 0.15) is 12.0 Å². The van der Waals surface area contributed by atoms with Crippen LogP contribution >= 0.6 is 0 Å². The number of benzene rings is 9. The van der Waals surface area contributed by atoms with E-state index in [0.717, 1.165) is 76.1 Å². The van der Waals surface area contributed by atoms with Crippen molar-refractivity contribution in [2.45, 2.75) is 12.6 Å². The third-order valence-electron chi connectivity index (χ3n) is 11.6. The number of hydrogen-bond donors (Lipinski definition) is 0. The second-order valence-electron chi connectivity index (χ2n) is 14.6. The Kier molecular flexibility index (Phi) is 7.49. The highest BCUT2D eigenvalue weighted by Crippen LogP contribution is 2.49.